The molecule has 0 aliphatic carbocycles. The lowest BCUT2D eigenvalue weighted by Crippen LogP contribution is -2.19. The third-order valence-corrected chi connectivity index (χ3v) is 2.40. The maximum Gasteiger partial charge on any atom is 0.340 e. The zero-order valence-corrected chi connectivity index (χ0v) is 10.3. The number of esters is 1. The van der Waals surface area contributed by atoms with Gasteiger partial charge in [-0.2, -0.15) is 0 Å². The molecule has 0 aliphatic heterocycles. The molecule has 0 saturated carbocycles. The van der Waals surface area contributed by atoms with Gasteiger partial charge in [0.05, 0.1) is 18.4 Å². The molecule has 0 fully saturated rings. The van der Waals surface area contributed by atoms with Crippen LogP contribution in [0, 0.1) is 11.6 Å². The number of hydrogen-bond acceptors (Lipinski definition) is 4. The Morgan fingerprint density at radius 1 is 1.44 bits per heavy atom. The van der Waals surface area contributed by atoms with Crippen LogP contribution in [0.25, 0.3) is 0 Å². The number of carbonyl (C=O) groups excluding carboxylic acids is 1. The lowest BCUT2D eigenvalue weighted by atomic mass is 10.1. The Balaban J connectivity index is 2.84. The van der Waals surface area contributed by atoms with Gasteiger partial charge in [-0.3, -0.25) is 0 Å². The van der Waals surface area contributed by atoms with Gasteiger partial charge < -0.3 is 15.8 Å². The van der Waals surface area contributed by atoms with E-state index in [1.54, 1.807) is 0 Å². The lowest BCUT2D eigenvalue weighted by molar-refractivity contribution is 0.0594. The first kappa shape index (κ1) is 14.4. The number of carbonyl (C=O) groups is 1. The van der Waals surface area contributed by atoms with E-state index in [4.69, 9.17) is 5.73 Å². The molecule has 0 radical (unpaired) electrons. The Morgan fingerprint density at radius 3 is 2.67 bits per heavy atom. The predicted molar refractivity (Wildman–Crippen MR) is 64.5 cm³/mol. The van der Waals surface area contributed by atoms with Gasteiger partial charge in [0.1, 0.15) is 0 Å². The minimum Gasteiger partial charge on any atom is -0.465 e. The van der Waals surface area contributed by atoms with Crippen molar-refractivity contribution in [1.29, 1.82) is 0 Å². The number of hydrogen-bond donors (Lipinski definition) is 2. The average molecular weight is 258 g/mol. The summed E-state index contributed by atoms with van der Waals surface area (Å²) in [6.45, 7) is 2.24. The van der Waals surface area contributed by atoms with Gasteiger partial charge in [-0.15, -0.1) is 0 Å². The summed E-state index contributed by atoms with van der Waals surface area (Å²) in [4.78, 5) is 11.1. The fourth-order valence-corrected chi connectivity index (χ4v) is 1.39. The number of halogens is 2. The second-order valence-electron chi connectivity index (χ2n) is 3.97. The summed E-state index contributed by atoms with van der Waals surface area (Å²) in [6, 6.07) is 2.45. The van der Waals surface area contributed by atoms with E-state index in [0.717, 1.165) is 7.11 Å². The van der Waals surface area contributed by atoms with Crippen LogP contribution in [-0.2, 0) is 4.74 Å². The molecule has 100 valence electrons. The molecule has 18 heavy (non-hydrogen) atoms. The highest BCUT2D eigenvalue weighted by Crippen LogP contribution is 2.21. The second-order valence-corrected chi connectivity index (χ2v) is 3.97. The molecule has 6 heteroatoms. The third-order valence-electron chi connectivity index (χ3n) is 2.40. The van der Waals surface area contributed by atoms with Crippen molar-refractivity contribution in [2.24, 2.45) is 5.73 Å². The number of ether oxygens (including phenoxy) is 1. The van der Waals surface area contributed by atoms with Gasteiger partial charge in [-0.1, -0.05) is 0 Å². The van der Waals surface area contributed by atoms with Gasteiger partial charge >= 0.3 is 5.97 Å². The van der Waals surface area contributed by atoms with Crippen LogP contribution in [0.5, 0.6) is 0 Å². The van der Waals surface area contributed by atoms with Crippen LogP contribution in [0.15, 0.2) is 12.1 Å². The molecule has 4 nitrogen and oxygen atoms in total. The van der Waals surface area contributed by atoms with Crippen molar-refractivity contribution < 1.29 is 18.3 Å². The molecule has 0 spiro atoms. The number of benzene rings is 1. The highest BCUT2D eigenvalue weighted by atomic mass is 19.2. The van der Waals surface area contributed by atoms with E-state index < -0.39 is 23.2 Å². The van der Waals surface area contributed by atoms with Crippen LogP contribution in [0.4, 0.5) is 14.5 Å². The Labute approximate surface area is 104 Å². The van der Waals surface area contributed by atoms with Crippen LogP contribution in [-0.4, -0.2) is 25.7 Å². The summed E-state index contributed by atoms with van der Waals surface area (Å²) in [7, 11) is 1.11. The van der Waals surface area contributed by atoms with E-state index in [-0.39, 0.29) is 11.7 Å². The molecule has 1 rings (SSSR count). The van der Waals surface area contributed by atoms with E-state index in [9.17, 15) is 13.6 Å². The molecular weight excluding hydrogens is 242 g/mol. The molecule has 0 amide bonds. The van der Waals surface area contributed by atoms with E-state index in [0.29, 0.717) is 13.0 Å². The standard InChI is InChI=1S/C12H16F2N2O2/c1-7(15)5-6-16-9-4-3-8(12(17)18-2)10(13)11(9)14/h3-4,7,16H,5-6,15H2,1-2H3. The van der Waals surface area contributed by atoms with Gasteiger partial charge in [0.2, 0.25) is 0 Å². The Morgan fingerprint density at radius 2 is 2.11 bits per heavy atom. The molecular formula is C12H16F2N2O2. The highest BCUT2D eigenvalue weighted by Gasteiger charge is 2.18. The smallest absolute Gasteiger partial charge is 0.340 e. The molecule has 0 aliphatic rings. The van der Waals surface area contributed by atoms with E-state index in [1.165, 1.54) is 12.1 Å². The van der Waals surface area contributed by atoms with E-state index in [2.05, 4.69) is 10.1 Å². The summed E-state index contributed by atoms with van der Waals surface area (Å²) in [6.07, 6.45) is 0.625. The minimum atomic E-state index is -1.22. The van der Waals surface area contributed by atoms with Crippen molar-refractivity contribution >= 4 is 11.7 Å². The van der Waals surface area contributed by atoms with Gasteiger partial charge in [-0.05, 0) is 25.5 Å². The molecule has 0 aromatic heterocycles. The summed E-state index contributed by atoms with van der Waals surface area (Å²) in [5.74, 6) is -3.22. The first-order valence-corrected chi connectivity index (χ1v) is 5.53. The SMILES string of the molecule is COC(=O)c1ccc(NCCC(C)N)c(F)c1F. The largest absolute Gasteiger partial charge is 0.465 e. The number of nitrogens with two attached hydrogens (primary N) is 1. The quantitative estimate of drug-likeness (QED) is 0.792. The average Bonchev–Trinajstić information content (AvgIpc) is 2.33. The summed E-state index contributed by atoms with van der Waals surface area (Å²) < 4.78 is 31.5. The summed E-state index contributed by atoms with van der Waals surface area (Å²) in [5, 5.41) is 2.72. The van der Waals surface area contributed by atoms with E-state index >= 15 is 0 Å². The number of nitrogens with one attached hydrogen (secondary N) is 1. The number of anilines is 1. The first-order chi connectivity index (χ1) is 8.47. The fourth-order valence-electron chi connectivity index (χ4n) is 1.39. The van der Waals surface area contributed by atoms with Crippen molar-refractivity contribution in [2.45, 2.75) is 19.4 Å². The monoisotopic (exact) mass is 258 g/mol. The summed E-state index contributed by atoms with van der Waals surface area (Å²) in [5.41, 5.74) is 5.11. The van der Waals surface area contributed by atoms with Gasteiger partial charge in [-0.25, -0.2) is 13.6 Å². The van der Waals surface area contributed by atoms with E-state index in [1.807, 2.05) is 6.92 Å². The Bertz CT molecular complexity index is 436. The van der Waals surface area contributed by atoms with Gasteiger partial charge in [0.15, 0.2) is 11.6 Å². The molecule has 1 unspecified atom stereocenters. The highest BCUT2D eigenvalue weighted by molar-refractivity contribution is 5.90. The molecule has 1 atom stereocenters. The fraction of sp³-hybridized carbons (Fsp3) is 0.417. The molecule has 3 N–H and O–H groups in total. The zero-order valence-electron chi connectivity index (χ0n) is 10.3. The van der Waals surface area contributed by atoms with Crippen LogP contribution < -0.4 is 11.1 Å². The van der Waals surface area contributed by atoms with Crippen molar-refractivity contribution in [3.63, 3.8) is 0 Å². The number of methoxy groups -OCH3 is 1. The van der Waals surface area contributed by atoms with Crippen LogP contribution in [0.3, 0.4) is 0 Å². The normalized spacial score (nSPS) is 12.1. The number of rotatable bonds is 5. The molecule has 0 heterocycles. The first-order valence-electron chi connectivity index (χ1n) is 5.53. The minimum absolute atomic E-state index is 0.000744. The Hall–Kier alpha value is -1.69. The van der Waals surface area contributed by atoms with Crippen molar-refractivity contribution in [2.75, 3.05) is 19.0 Å². The lowest BCUT2D eigenvalue weighted by Gasteiger charge is -2.11. The Kier molecular flexibility index (Phi) is 5.03. The topological polar surface area (TPSA) is 64.3 Å². The maximum atomic E-state index is 13.6. The maximum absolute atomic E-state index is 13.6. The molecule has 1 aromatic rings. The van der Waals surface area contributed by atoms with Gasteiger partial charge in [0.25, 0.3) is 0 Å². The van der Waals surface area contributed by atoms with Crippen LogP contribution in [0.2, 0.25) is 0 Å². The van der Waals surface area contributed by atoms with Crippen molar-refractivity contribution in [3.05, 3.63) is 29.3 Å². The van der Waals surface area contributed by atoms with Gasteiger partial charge in [0, 0.05) is 12.6 Å². The predicted octanol–water partition coefficient (Wildman–Crippen LogP) is 1.90. The molecule has 0 bridgehead atoms. The summed E-state index contributed by atoms with van der Waals surface area (Å²) >= 11 is 0. The molecule has 1 aromatic carbocycles. The molecule has 0 saturated heterocycles. The third kappa shape index (κ3) is 3.40. The van der Waals surface area contributed by atoms with Crippen LogP contribution >= 0.6 is 0 Å². The van der Waals surface area contributed by atoms with Crippen molar-refractivity contribution in [1.82, 2.24) is 0 Å². The van der Waals surface area contributed by atoms with Crippen molar-refractivity contribution in [3.8, 4) is 0 Å². The zero-order chi connectivity index (χ0) is 13.7. The second kappa shape index (κ2) is 6.30. The van der Waals surface area contributed by atoms with Crippen LogP contribution in [0.1, 0.15) is 23.7 Å².